The van der Waals surface area contributed by atoms with Gasteiger partial charge in [0.15, 0.2) is 0 Å². The van der Waals surface area contributed by atoms with Gasteiger partial charge in [-0.1, -0.05) is 5.57 Å². The van der Waals surface area contributed by atoms with Crippen molar-refractivity contribution in [3.63, 3.8) is 0 Å². The number of carbonyl (C=O) groups is 2. The molecule has 0 radical (unpaired) electrons. The predicted molar refractivity (Wildman–Crippen MR) is 55.4 cm³/mol. The SMILES string of the molecule is CC(C)=CC(=O)NCC(C)(C)C(N)=O. The molecule has 14 heavy (non-hydrogen) atoms. The zero-order chi connectivity index (χ0) is 11.4. The number of amides is 2. The Labute approximate surface area is 84.5 Å². The summed E-state index contributed by atoms with van der Waals surface area (Å²) in [5, 5.41) is 2.62. The smallest absolute Gasteiger partial charge is 0.243 e. The molecule has 0 saturated carbocycles. The van der Waals surface area contributed by atoms with Gasteiger partial charge in [-0.3, -0.25) is 9.59 Å². The lowest BCUT2D eigenvalue weighted by Gasteiger charge is -2.20. The van der Waals surface area contributed by atoms with Gasteiger partial charge in [0.1, 0.15) is 0 Å². The van der Waals surface area contributed by atoms with E-state index in [0.29, 0.717) is 0 Å². The van der Waals surface area contributed by atoms with Gasteiger partial charge in [-0.15, -0.1) is 0 Å². The fourth-order valence-corrected chi connectivity index (χ4v) is 0.708. The summed E-state index contributed by atoms with van der Waals surface area (Å²) < 4.78 is 0. The maximum atomic E-state index is 11.2. The largest absolute Gasteiger partial charge is 0.369 e. The number of carbonyl (C=O) groups excluding carboxylic acids is 2. The van der Waals surface area contributed by atoms with Crippen LogP contribution in [0.2, 0.25) is 0 Å². The molecule has 0 aromatic carbocycles. The lowest BCUT2D eigenvalue weighted by molar-refractivity contribution is -0.126. The van der Waals surface area contributed by atoms with Gasteiger partial charge in [0.25, 0.3) is 0 Å². The number of hydrogen-bond donors (Lipinski definition) is 2. The van der Waals surface area contributed by atoms with E-state index in [2.05, 4.69) is 5.32 Å². The van der Waals surface area contributed by atoms with Crippen LogP contribution in [0.5, 0.6) is 0 Å². The molecular formula is C10H18N2O2. The summed E-state index contributed by atoms with van der Waals surface area (Å²) >= 11 is 0. The maximum Gasteiger partial charge on any atom is 0.243 e. The van der Waals surface area contributed by atoms with Crippen molar-refractivity contribution in [2.45, 2.75) is 27.7 Å². The summed E-state index contributed by atoms with van der Waals surface area (Å²) in [6.07, 6.45) is 1.48. The molecule has 2 amide bonds. The van der Waals surface area contributed by atoms with Crippen molar-refractivity contribution >= 4 is 11.8 Å². The Kier molecular flexibility index (Phi) is 4.34. The molecule has 0 fully saturated rings. The number of nitrogens with one attached hydrogen (secondary N) is 1. The minimum absolute atomic E-state index is 0.195. The highest BCUT2D eigenvalue weighted by atomic mass is 16.2. The summed E-state index contributed by atoms with van der Waals surface area (Å²) in [4.78, 5) is 22.1. The molecule has 0 spiro atoms. The minimum atomic E-state index is -0.703. The topological polar surface area (TPSA) is 72.2 Å². The summed E-state index contributed by atoms with van der Waals surface area (Å²) in [6, 6.07) is 0. The van der Waals surface area contributed by atoms with E-state index in [1.807, 2.05) is 13.8 Å². The van der Waals surface area contributed by atoms with Crippen molar-refractivity contribution in [2.24, 2.45) is 11.1 Å². The van der Waals surface area contributed by atoms with Crippen molar-refractivity contribution in [1.29, 1.82) is 0 Å². The van der Waals surface area contributed by atoms with Crippen molar-refractivity contribution < 1.29 is 9.59 Å². The fraction of sp³-hybridized carbons (Fsp3) is 0.600. The van der Waals surface area contributed by atoms with Crippen LogP contribution >= 0.6 is 0 Å². The van der Waals surface area contributed by atoms with E-state index >= 15 is 0 Å². The second kappa shape index (κ2) is 4.79. The van der Waals surface area contributed by atoms with Crippen LogP contribution < -0.4 is 11.1 Å². The van der Waals surface area contributed by atoms with Crippen LogP contribution in [0.25, 0.3) is 0 Å². The summed E-state index contributed by atoms with van der Waals surface area (Å²) in [5.74, 6) is -0.616. The highest BCUT2D eigenvalue weighted by molar-refractivity contribution is 5.89. The van der Waals surface area contributed by atoms with Crippen LogP contribution in [0.4, 0.5) is 0 Å². The van der Waals surface area contributed by atoms with E-state index in [1.165, 1.54) is 6.08 Å². The van der Waals surface area contributed by atoms with E-state index in [0.717, 1.165) is 5.57 Å². The van der Waals surface area contributed by atoms with Gasteiger partial charge in [0.05, 0.1) is 5.41 Å². The average molecular weight is 198 g/mol. The van der Waals surface area contributed by atoms with Gasteiger partial charge in [0, 0.05) is 12.6 Å². The van der Waals surface area contributed by atoms with Crippen molar-refractivity contribution in [3.05, 3.63) is 11.6 Å². The Morgan fingerprint density at radius 2 is 1.86 bits per heavy atom. The standard InChI is InChI=1S/C10H18N2O2/c1-7(2)5-8(13)12-6-10(3,4)9(11)14/h5H,6H2,1-4H3,(H2,11,14)(H,12,13). The van der Waals surface area contributed by atoms with E-state index in [9.17, 15) is 9.59 Å². The summed E-state index contributed by atoms with van der Waals surface area (Å²) in [7, 11) is 0. The zero-order valence-electron chi connectivity index (χ0n) is 9.18. The Balaban J connectivity index is 4.14. The first-order chi connectivity index (χ1) is 6.25. The molecule has 0 heterocycles. The second-order valence-electron chi connectivity index (χ2n) is 4.19. The van der Waals surface area contributed by atoms with Crippen molar-refractivity contribution in [2.75, 3.05) is 6.54 Å². The van der Waals surface area contributed by atoms with Gasteiger partial charge in [-0.2, -0.15) is 0 Å². The molecule has 3 N–H and O–H groups in total. The van der Waals surface area contributed by atoms with Crippen LogP contribution in [0.3, 0.4) is 0 Å². The molecule has 0 atom stereocenters. The van der Waals surface area contributed by atoms with Gasteiger partial charge < -0.3 is 11.1 Å². The van der Waals surface area contributed by atoms with Gasteiger partial charge in [-0.25, -0.2) is 0 Å². The Bertz CT molecular complexity index is 263. The van der Waals surface area contributed by atoms with Crippen molar-refractivity contribution in [3.8, 4) is 0 Å². The molecular weight excluding hydrogens is 180 g/mol. The van der Waals surface area contributed by atoms with Gasteiger partial charge in [-0.05, 0) is 27.7 Å². The lowest BCUT2D eigenvalue weighted by Crippen LogP contribution is -2.42. The molecule has 0 aliphatic rings. The zero-order valence-corrected chi connectivity index (χ0v) is 9.18. The first kappa shape index (κ1) is 12.7. The van der Waals surface area contributed by atoms with Crippen LogP contribution in [-0.2, 0) is 9.59 Å². The van der Waals surface area contributed by atoms with Crippen LogP contribution in [0.15, 0.2) is 11.6 Å². The molecule has 4 nitrogen and oxygen atoms in total. The Hall–Kier alpha value is -1.32. The lowest BCUT2D eigenvalue weighted by atomic mass is 9.93. The molecule has 0 unspecified atom stereocenters. The third-order valence-electron chi connectivity index (χ3n) is 1.79. The highest BCUT2D eigenvalue weighted by Gasteiger charge is 2.24. The second-order valence-corrected chi connectivity index (χ2v) is 4.19. The molecule has 0 bridgehead atoms. The average Bonchev–Trinajstić information content (AvgIpc) is 1.99. The molecule has 0 aliphatic carbocycles. The molecule has 0 rings (SSSR count). The Morgan fingerprint density at radius 1 is 1.36 bits per heavy atom. The van der Waals surface area contributed by atoms with Crippen molar-refractivity contribution in [1.82, 2.24) is 5.32 Å². The number of rotatable bonds is 4. The quantitative estimate of drug-likeness (QED) is 0.648. The number of primary amides is 1. The Morgan fingerprint density at radius 3 is 2.21 bits per heavy atom. The third kappa shape index (κ3) is 4.64. The molecule has 4 heteroatoms. The maximum absolute atomic E-state index is 11.2. The molecule has 80 valence electrons. The summed E-state index contributed by atoms with van der Waals surface area (Å²) in [6.45, 7) is 7.30. The number of nitrogens with two attached hydrogens (primary N) is 1. The number of allylic oxidation sites excluding steroid dienone is 1. The van der Waals surface area contributed by atoms with Gasteiger partial charge in [0.2, 0.25) is 11.8 Å². The van der Waals surface area contributed by atoms with Crippen LogP contribution in [0, 0.1) is 5.41 Å². The molecule has 0 aromatic rings. The fourth-order valence-electron chi connectivity index (χ4n) is 0.708. The van der Waals surface area contributed by atoms with Gasteiger partial charge >= 0.3 is 0 Å². The number of hydrogen-bond acceptors (Lipinski definition) is 2. The first-order valence-corrected chi connectivity index (χ1v) is 4.48. The van der Waals surface area contributed by atoms with Crippen LogP contribution in [-0.4, -0.2) is 18.4 Å². The monoisotopic (exact) mass is 198 g/mol. The minimum Gasteiger partial charge on any atom is -0.369 e. The van der Waals surface area contributed by atoms with E-state index in [1.54, 1.807) is 13.8 Å². The van der Waals surface area contributed by atoms with E-state index < -0.39 is 11.3 Å². The van der Waals surface area contributed by atoms with E-state index in [-0.39, 0.29) is 12.5 Å². The molecule has 0 saturated heterocycles. The first-order valence-electron chi connectivity index (χ1n) is 4.48. The third-order valence-corrected chi connectivity index (χ3v) is 1.79. The molecule has 0 aliphatic heterocycles. The predicted octanol–water partition coefficient (Wildman–Crippen LogP) is 0.580. The summed E-state index contributed by atoms with van der Waals surface area (Å²) in [5.41, 5.74) is 5.36. The van der Waals surface area contributed by atoms with Crippen LogP contribution in [0.1, 0.15) is 27.7 Å². The normalized spacial score (nSPS) is 10.6. The van der Waals surface area contributed by atoms with E-state index in [4.69, 9.17) is 5.73 Å². The molecule has 0 aromatic heterocycles. The highest BCUT2D eigenvalue weighted by Crippen LogP contribution is 2.11.